The van der Waals surface area contributed by atoms with Crippen molar-refractivity contribution >= 4 is 0 Å². The van der Waals surface area contributed by atoms with Crippen LogP contribution in [0.5, 0.6) is 11.5 Å². The third-order valence-corrected chi connectivity index (χ3v) is 5.72. The van der Waals surface area contributed by atoms with Crippen LogP contribution in [-0.4, -0.2) is 44.3 Å². The lowest BCUT2D eigenvalue weighted by Crippen LogP contribution is -2.30. The normalized spacial score (nSPS) is 15.9. The van der Waals surface area contributed by atoms with Crippen LogP contribution < -0.4 is 14.8 Å². The molecule has 2 aromatic rings. The Morgan fingerprint density at radius 3 is 2.38 bits per heavy atom. The third-order valence-electron chi connectivity index (χ3n) is 5.72. The van der Waals surface area contributed by atoms with Crippen LogP contribution in [-0.2, 0) is 6.42 Å². The van der Waals surface area contributed by atoms with E-state index >= 15 is 0 Å². The predicted octanol–water partition coefficient (Wildman–Crippen LogP) is 4.82. The monoisotopic (exact) mass is 396 g/mol. The molecule has 0 saturated heterocycles. The van der Waals surface area contributed by atoms with E-state index in [0.29, 0.717) is 0 Å². The lowest BCUT2D eigenvalue weighted by molar-refractivity contribution is 0.222. The smallest absolute Gasteiger partial charge is 0.119 e. The van der Waals surface area contributed by atoms with E-state index in [9.17, 15) is 0 Å². The van der Waals surface area contributed by atoms with Gasteiger partial charge in [0.05, 0.1) is 12.6 Å². The Morgan fingerprint density at radius 2 is 1.66 bits per heavy atom. The van der Waals surface area contributed by atoms with Crippen molar-refractivity contribution in [3.05, 3.63) is 59.2 Å². The van der Waals surface area contributed by atoms with E-state index in [1.54, 1.807) is 0 Å². The molecule has 0 spiro atoms. The zero-order valence-electron chi connectivity index (χ0n) is 18.2. The Bertz CT molecular complexity index is 741. The number of unbranched alkanes of at least 4 members (excludes halogenated alkanes) is 1. The minimum absolute atomic E-state index is 0.230. The second-order valence-corrected chi connectivity index (χ2v) is 7.64. The molecule has 1 unspecified atom stereocenters. The van der Waals surface area contributed by atoms with Gasteiger partial charge in [-0.2, -0.15) is 0 Å². The summed E-state index contributed by atoms with van der Waals surface area (Å²) in [7, 11) is 0. The first-order valence-corrected chi connectivity index (χ1v) is 11.2. The Balaban J connectivity index is 1.64. The van der Waals surface area contributed by atoms with E-state index in [0.717, 1.165) is 70.2 Å². The van der Waals surface area contributed by atoms with Crippen molar-refractivity contribution in [1.29, 1.82) is 0 Å². The molecule has 2 aromatic carbocycles. The Hall–Kier alpha value is -2.04. The highest BCUT2D eigenvalue weighted by Gasteiger charge is 2.21. The van der Waals surface area contributed by atoms with E-state index in [-0.39, 0.29) is 6.04 Å². The summed E-state index contributed by atoms with van der Waals surface area (Å²) in [6, 6.07) is 15.3. The summed E-state index contributed by atoms with van der Waals surface area (Å²) in [6.45, 7) is 12.2. The van der Waals surface area contributed by atoms with Gasteiger partial charge in [-0.05, 0) is 66.9 Å². The van der Waals surface area contributed by atoms with Crippen LogP contribution in [0.15, 0.2) is 42.5 Å². The quantitative estimate of drug-likeness (QED) is 0.552. The summed E-state index contributed by atoms with van der Waals surface area (Å²) >= 11 is 0. The van der Waals surface area contributed by atoms with Crippen LogP contribution in [0.1, 0.15) is 56.3 Å². The van der Waals surface area contributed by atoms with E-state index in [2.05, 4.69) is 73.5 Å². The number of likely N-dealkylation sites (N-methyl/N-ethyl adjacent to an activating group) is 1. The predicted molar refractivity (Wildman–Crippen MR) is 120 cm³/mol. The van der Waals surface area contributed by atoms with Gasteiger partial charge in [-0.1, -0.05) is 45.4 Å². The van der Waals surface area contributed by atoms with Gasteiger partial charge < -0.3 is 19.7 Å². The molecule has 0 aromatic heterocycles. The second-order valence-electron chi connectivity index (χ2n) is 7.64. The average Bonchev–Trinajstić information content (AvgIpc) is 2.77. The van der Waals surface area contributed by atoms with Crippen molar-refractivity contribution in [2.75, 3.05) is 39.4 Å². The molecule has 0 bridgehead atoms. The number of nitrogens with one attached hydrogen (secondary N) is 1. The van der Waals surface area contributed by atoms with Crippen LogP contribution in [0.25, 0.3) is 0 Å². The van der Waals surface area contributed by atoms with Gasteiger partial charge in [-0.15, -0.1) is 0 Å². The molecule has 0 radical (unpaired) electrons. The van der Waals surface area contributed by atoms with E-state index in [4.69, 9.17) is 9.47 Å². The van der Waals surface area contributed by atoms with Gasteiger partial charge in [-0.25, -0.2) is 0 Å². The summed E-state index contributed by atoms with van der Waals surface area (Å²) in [5.41, 5.74) is 4.02. The van der Waals surface area contributed by atoms with Crippen molar-refractivity contribution in [3.63, 3.8) is 0 Å². The van der Waals surface area contributed by atoms with Gasteiger partial charge in [0.15, 0.2) is 0 Å². The topological polar surface area (TPSA) is 33.7 Å². The first-order valence-electron chi connectivity index (χ1n) is 11.2. The molecule has 0 fully saturated rings. The minimum Gasteiger partial charge on any atom is -0.494 e. The van der Waals surface area contributed by atoms with Crippen molar-refractivity contribution in [2.24, 2.45) is 0 Å². The largest absolute Gasteiger partial charge is 0.494 e. The highest BCUT2D eigenvalue weighted by molar-refractivity contribution is 5.44. The minimum atomic E-state index is 0.230. The summed E-state index contributed by atoms with van der Waals surface area (Å²) in [5.74, 6) is 1.94. The fourth-order valence-electron chi connectivity index (χ4n) is 3.85. The van der Waals surface area contributed by atoms with Crippen molar-refractivity contribution < 1.29 is 9.47 Å². The molecule has 4 nitrogen and oxygen atoms in total. The number of nitrogens with zero attached hydrogens (tertiary/aromatic N) is 1. The molecule has 1 aliphatic heterocycles. The Morgan fingerprint density at radius 1 is 0.931 bits per heavy atom. The molecule has 0 amide bonds. The maximum atomic E-state index is 6.03. The van der Waals surface area contributed by atoms with Crippen LogP contribution in [0.3, 0.4) is 0 Å². The van der Waals surface area contributed by atoms with Crippen molar-refractivity contribution in [3.8, 4) is 11.5 Å². The van der Waals surface area contributed by atoms with Gasteiger partial charge in [0.1, 0.15) is 18.1 Å². The standard InChI is InChI=1S/C25H36N2O2/c1-4-7-17-28-22-10-8-20(9-11-22)25-24-13-12-23(19-21(24)14-15-26-25)29-18-16-27(5-2)6-3/h8-13,19,25-26H,4-7,14-18H2,1-3H3. The molecule has 1 N–H and O–H groups in total. The lowest BCUT2D eigenvalue weighted by atomic mass is 9.90. The van der Waals surface area contributed by atoms with Gasteiger partial charge in [-0.3, -0.25) is 0 Å². The summed E-state index contributed by atoms with van der Waals surface area (Å²) in [6.07, 6.45) is 3.29. The first-order chi connectivity index (χ1) is 14.2. The average molecular weight is 397 g/mol. The van der Waals surface area contributed by atoms with Crippen molar-refractivity contribution in [1.82, 2.24) is 10.2 Å². The molecule has 4 heteroatoms. The fourth-order valence-corrected chi connectivity index (χ4v) is 3.85. The zero-order valence-corrected chi connectivity index (χ0v) is 18.2. The number of hydrogen-bond acceptors (Lipinski definition) is 4. The van der Waals surface area contributed by atoms with Gasteiger partial charge in [0, 0.05) is 13.1 Å². The van der Waals surface area contributed by atoms with Crippen LogP contribution in [0.4, 0.5) is 0 Å². The van der Waals surface area contributed by atoms with Gasteiger partial charge in [0.25, 0.3) is 0 Å². The molecule has 1 heterocycles. The highest BCUT2D eigenvalue weighted by Crippen LogP contribution is 2.32. The summed E-state index contributed by atoms with van der Waals surface area (Å²) in [4.78, 5) is 2.38. The molecular weight excluding hydrogens is 360 g/mol. The molecule has 0 aliphatic carbocycles. The highest BCUT2D eigenvalue weighted by atomic mass is 16.5. The molecule has 0 saturated carbocycles. The fraction of sp³-hybridized carbons (Fsp3) is 0.520. The van der Waals surface area contributed by atoms with E-state index in [1.165, 1.54) is 16.7 Å². The van der Waals surface area contributed by atoms with Gasteiger partial charge >= 0.3 is 0 Å². The molecule has 1 aliphatic rings. The number of rotatable bonds is 11. The SMILES string of the molecule is CCCCOc1ccc(C2NCCc3cc(OCCN(CC)CC)ccc32)cc1. The Labute approximate surface area is 176 Å². The van der Waals surface area contributed by atoms with Crippen LogP contribution in [0, 0.1) is 0 Å². The first kappa shape index (κ1) is 21.7. The molecule has 29 heavy (non-hydrogen) atoms. The van der Waals surface area contributed by atoms with Crippen molar-refractivity contribution in [2.45, 2.75) is 46.1 Å². The summed E-state index contributed by atoms with van der Waals surface area (Å²) in [5, 5.41) is 3.67. The number of hydrogen-bond donors (Lipinski definition) is 1. The van der Waals surface area contributed by atoms with Crippen LogP contribution >= 0.6 is 0 Å². The number of fused-ring (bicyclic) bond motifs is 1. The van der Waals surface area contributed by atoms with Crippen LogP contribution in [0.2, 0.25) is 0 Å². The third kappa shape index (κ3) is 5.97. The second kappa shape index (κ2) is 11.2. The maximum Gasteiger partial charge on any atom is 0.119 e. The molecule has 158 valence electrons. The van der Waals surface area contributed by atoms with E-state index in [1.807, 2.05) is 0 Å². The zero-order chi connectivity index (χ0) is 20.5. The number of ether oxygens (including phenoxy) is 2. The molecular formula is C25H36N2O2. The van der Waals surface area contributed by atoms with E-state index < -0.39 is 0 Å². The maximum absolute atomic E-state index is 6.03. The summed E-state index contributed by atoms with van der Waals surface area (Å²) < 4.78 is 11.8. The number of benzene rings is 2. The lowest BCUT2D eigenvalue weighted by Gasteiger charge is -2.28. The molecule has 3 rings (SSSR count). The Kier molecular flexibility index (Phi) is 8.38. The molecule has 1 atom stereocenters. The van der Waals surface area contributed by atoms with Gasteiger partial charge in [0.2, 0.25) is 0 Å².